The average Bonchev–Trinajstić information content (AvgIpc) is 1.61. The summed E-state index contributed by atoms with van der Waals surface area (Å²) in [6, 6.07) is 0. The van der Waals surface area contributed by atoms with Gasteiger partial charge in [-0.05, 0) is 6.92 Å². The zero-order valence-electron chi connectivity index (χ0n) is 4.13. The molecule has 0 atom stereocenters. The summed E-state index contributed by atoms with van der Waals surface area (Å²) < 4.78 is 0. The first-order chi connectivity index (χ1) is 3.27. The third-order valence-electron chi connectivity index (χ3n) is 0.328. The molecule has 0 aliphatic rings. The lowest BCUT2D eigenvalue weighted by atomic mass is 10.7. The van der Waals surface area contributed by atoms with E-state index in [9.17, 15) is 0 Å². The Morgan fingerprint density at radius 2 is 2.29 bits per heavy atom. The molecule has 0 saturated carbocycles. The second-order valence-electron chi connectivity index (χ2n) is 1.04. The summed E-state index contributed by atoms with van der Waals surface area (Å²) >= 11 is 0. The van der Waals surface area contributed by atoms with Crippen LogP contribution in [0.3, 0.4) is 0 Å². The van der Waals surface area contributed by atoms with Crippen molar-refractivity contribution in [1.82, 2.24) is 0 Å². The van der Waals surface area contributed by atoms with Gasteiger partial charge in [0.2, 0.25) is 0 Å². The number of amidine groups is 1. The summed E-state index contributed by atoms with van der Waals surface area (Å²) in [5.41, 5.74) is 5.08. The Kier molecular flexibility index (Phi) is 2.67. The average molecular weight is 100 g/mol. The highest BCUT2D eigenvalue weighted by molar-refractivity contribution is 5.85. The summed E-state index contributed by atoms with van der Waals surface area (Å²) in [4.78, 5) is 3.52. The van der Waals surface area contributed by atoms with Gasteiger partial charge in [-0.25, -0.2) is 4.99 Å². The standard InChI is InChI=1S/C3H8N4/c1-3(4)6-2-7-5/h2H,5H2,1H3,(H2,4,6,7). The van der Waals surface area contributed by atoms with Crippen LogP contribution in [-0.4, -0.2) is 12.2 Å². The first kappa shape index (κ1) is 5.94. The summed E-state index contributed by atoms with van der Waals surface area (Å²) in [5, 5.41) is 3.08. The fraction of sp³-hybridized carbons (Fsp3) is 0.333. The second-order valence-corrected chi connectivity index (χ2v) is 1.04. The predicted octanol–water partition coefficient (Wildman–Crippen LogP) is -0.735. The van der Waals surface area contributed by atoms with Gasteiger partial charge >= 0.3 is 0 Å². The van der Waals surface area contributed by atoms with E-state index in [1.54, 1.807) is 6.92 Å². The Morgan fingerprint density at radius 1 is 1.71 bits per heavy atom. The van der Waals surface area contributed by atoms with Gasteiger partial charge in [0.1, 0.15) is 6.34 Å². The summed E-state index contributed by atoms with van der Waals surface area (Å²) in [5.74, 6) is 5.14. The fourth-order valence-electron chi connectivity index (χ4n) is 0.124. The van der Waals surface area contributed by atoms with Crippen LogP contribution in [0.5, 0.6) is 0 Å². The third kappa shape index (κ3) is 4.94. The molecule has 0 aliphatic carbocycles. The number of hydrogen-bond donors (Lipinski definition) is 2. The highest BCUT2D eigenvalue weighted by Gasteiger charge is 1.67. The molecule has 4 N–H and O–H groups in total. The van der Waals surface area contributed by atoms with E-state index in [4.69, 9.17) is 5.73 Å². The zero-order chi connectivity index (χ0) is 5.70. The maximum absolute atomic E-state index is 5.08. The van der Waals surface area contributed by atoms with Crippen LogP contribution in [0.1, 0.15) is 6.92 Å². The lowest BCUT2D eigenvalue weighted by molar-refractivity contribution is 1.25. The van der Waals surface area contributed by atoms with E-state index < -0.39 is 0 Å². The van der Waals surface area contributed by atoms with Gasteiger partial charge in [0, 0.05) is 0 Å². The molecule has 0 aromatic rings. The van der Waals surface area contributed by atoms with E-state index in [2.05, 4.69) is 15.9 Å². The van der Waals surface area contributed by atoms with Crippen molar-refractivity contribution in [2.24, 2.45) is 21.7 Å². The molecule has 0 aromatic carbocycles. The van der Waals surface area contributed by atoms with E-state index in [-0.39, 0.29) is 0 Å². The molecule has 40 valence electrons. The minimum atomic E-state index is 0.453. The van der Waals surface area contributed by atoms with Crippen molar-refractivity contribution in [3.05, 3.63) is 0 Å². The van der Waals surface area contributed by atoms with Crippen molar-refractivity contribution in [2.75, 3.05) is 0 Å². The van der Waals surface area contributed by atoms with Gasteiger partial charge in [0.25, 0.3) is 0 Å². The van der Waals surface area contributed by atoms with Gasteiger partial charge in [-0.2, -0.15) is 5.10 Å². The molecule has 4 nitrogen and oxygen atoms in total. The summed E-state index contributed by atoms with van der Waals surface area (Å²) in [6.07, 6.45) is 1.19. The Bertz CT molecular complexity index is 89.1. The molecule has 0 fully saturated rings. The molecule has 0 bridgehead atoms. The Labute approximate surface area is 41.9 Å². The zero-order valence-corrected chi connectivity index (χ0v) is 4.13. The van der Waals surface area contributed by atoms with Gasteiger partial charge in [-0.3, -0.25) is 0 Å². The van der Waals surface area contributed by atoms with Crippen LogP contribution in [0, 0.1) is 0 Å². The third-order valence-corrected chi connectivity index (χ3v) is 0.328. The smallest absolute Gasteiger partial charge is 0.137 e. The first-order valence-corrected chi connectivity index (χ1v) is 1.79. The molecule has 4 heteroatoms. The number of nitrogens with zero attached hydrogens (tertiary/aromatic N) is 2. The van der Waals surface area contributed by atoms with Crippen molar-refractivity contribution >= 4 is 12.2 Å². The van der Waals surface area contributed by atoms with E-state index in [1.165, 1.54) is 6.34 Å². The molecule has 0 aliphatic heterocycles. The molecule has 0 heterocycles. The molecule has 0 aromatic heterocycles. The highest BCUT2D eigenvalue weighted by atomic mass is 15.1. The summed E-state index contributed by atoms with van der Waals surface area (Å²) in [7, 11) is 0. The van der Waals surface area contributed by atoms with Crippen LogP contribution in [0.4, 0.5) is 0 Å². The van der Waals surface area contributed by atoms with E-state index >= 15 is 0 Å². The molecule has 0 rings (SSSR count). The first-order valence-electron chi connectivity index (χ1n) is 1.79. The SMILES string of the molecule is CC(N)=NC=NN. The molecule has 0 radical (unpaired) electrons. The monoisotopic (exact) mass is 100 g/mol. The molecule has 7 heavy (non-hydrogen) atoms. The number of rotatable bonds is 1. The largest absolute Gasteiger partial charge is 0.387 e. The van der Waals surface area contributed by atoms with Gasteiger partial charge in [0.05, 0.1) is 5.84 Å². The number of hydrazone groups is 1. The van der Waals surface area contributed by atoms with Crippen molar-refractivity contribution in [1.29, 1.82) is 0 Å². The maximum atomic E-state index is 5.08. The number of aliphatic imine (C=N–C) groups is 1. The number of hydrogen-bond acceptors (Lipinski definition) is 2. The van der Waals surface area contributed by atoms with Crippen LogP contribution >= 0.6 is 0 Å². The highest BCUT2D eigenvalue weighted by Crippen LogP contribution is 1.58. The molecular weight excluding hydrogens is 92.1 g/mol. The molecule has 0 saturated heterocycles. The molecular formula is C3H8N4. The number of nitrogens with two attached hydrogens (primary N) is 2. The van der Waals surface area contributed by atoms with Crippen LogP contribution in [-0.2, 0) is 0 Å². The van der Waals surface area contributed by atoms with Crippen molar-refractivity contribution in [3.63, 3.8) is 0 Å². The van der Waals surface area contributed by atoms with Crippen LogP contribution in [0.25, 0.3) is 0 Å². The quantitative estimate of drug-likeness (QED) is 0.197. The molecule has 0 unspecified atom stereocenters. The van der Waals surface area contributed by atoms with Crippen molar-refractivity contribution in [3.8, 4) is 0 Å². The minimum Gasteiger partial charge on any atom is -0.387 e. The van der Waals surface area contributed by atoms with Crippen molar-refractivity contribution in [2.45, 2.75) is 6.92 Å². The summed E-state index contributed by atoms with van der Waals surface area (Å²) in [6.45, 7) is 1.65. The Morgan fingerprint density at radius 3 is 2.43 bits per heavy atom. The van der Waals surface area contributed by atoms with E-state index in [1.807, 2.05) is 0 Å². The lowest BCUT2D eigenvalue weighted by Crippen LogP contribution is -2.04. The van der Waals surface area contributed by atoms with E-state index in [0.717, 1.165) is 0 Å². The predicted molar refractivity (Wildman–Crippen MR) is 30.0 cm³/mol. The minimum absolute atomic E-state index is 0.453. The second kappa shape index (κ2) is 3.14. The van der Waals surface area contributed by atoms with Gasteiger partial charge in [-0.1, -0.05) is 0 Å². The Balaban J connectivity index is 3.46. The van der Waals surface area contributed by atoms with Crippen molar-refractivity contribution < 1.29 is 0 Å². The molecule has 0 spiro atoms. The van der Waals surface area contributed by atoms with Gasteiger partial charge < -0.3 is 11.6 Å². The fourth-order valence-corrected chi connectivity index (χ4v) is 0.124. The maximum Gasteiger partial charge on any atom is 0.137 e. The van der Waals surface area contributed by atoms with Gasteiger partial charge in [-0.15, -0.1) is 0 Å². The van der Waals surface area contributed by atoms with Crippen LogP contribution in [0.2, 0.25) is 0 Å². The topological polar surface area (TPSA) is 76.8 Å². The van der Waals surface area contributed by atoms with Gasteiger partial charge in [0.15, 0.2) is 0 Å². The van der Waals surface area contributed by atoms with E-state index in [0.29, 0.717) is 5.84 Å². The Hall–Kier alpha value is -1.06. The lowest BCUT2D eigenvalue weighted by Gasteiger charge is -1.78. The normalized spacial score (nSPS) is 13.0. The van der Waals surface area contributed by atoms with Crippen LogP contribution < -0.4 is 11.6 Å². The van der Waals surface area contributed by atoms with Crippen LogP contribution in [0.15, 0.2) is 10.1 Å². The molecule has 0 amide bonds.